The summed E-state index contributed by atoms with van der Waals surface area (Å²) < 4.78 is 13.0. The number of rotatable bonds is 2. The molecule has 0 aliphatic heterocycles. The molecule has 1 amide bonds. The van der Waals surface area contributed by atoms with Crippen molar-refractivity contribution in [1.82, 2.24) is 10.4 Å². The van der Waals surface area contributed by atoms with Crippen molar-refractivity contribution >= 4 is 11.5 Å². The summed E-state index contributed by atoms with van der Waals surface area (Å²) in [5.41, 5.74) is 3.80. The van der Waals surface area contributed by atoms with Gasteiger partial charge in [0.25, 0.3) is 0 Å². The van der Waals surface area contributed by atoms with E-state index in [9.17, 15) is 9.18 Å². The highest BCUT2D eigenvalue weighted by Crippen LogP contribution is 2.29. The van der Waals surface area contributed by atoms with Gasteiger partial charge in [0.15, 0.2) is 0 Å². The monoisotopic (exact) mass is 235 g/mol. The zero-order chi connectivity index (χ0) is 12.3. The molecule has 0 saturated heterocycles. The van der Waals surface area contributed by atoms with E-state index >= 15 is 0 Å². The van der Waals surface area contributed by atoms with Gasteiger partial charge in [0.05, 0.1) is 5.69 Å². The van der Waals surface area contributed by atoms with Crippen LogP contribution in [0.3, 0.4) is 0 Å². The van der Waals surface area contributed by atoms with Crippen LogP contribution in [0.25, 0.3) is 5.57 Å². The summed E-state index contributed by atoms with van der Waals surface area (Å²) in [5, 5.41) is 0. The first-order valence-corrected chi connectivity index (χ1v) is 5.52. The van der Waals surface area contributed by atoms with E-state index in [-0.39, 0.29) is 17.6 Å². The Morgan fingerprint density at radius 2 is 2.41 bits per heavy atom. The van der Waals surface area contributed by atoms with E-state index in [1.807, 2.05) is 6.08 Å². The van der Waals surface area contributed by atoms with Crippen molar-refractivity contribution in [2.45, 2.75) is 19.3 Å². The molecule has 0 aromatic carbocycles. The Balaban J connectivity index is 2.11. The standard InChI is InChI=1S/C12H14FN3O/c13-10-5-6-15-11(7-10)8-1-3-9(4-2-8)12(17)16-14/h1,5-7,9H,2-4,14H2,(H,16,17)/t9-/m1/s1. The van der Waals surface area contributed by atoms with Gasteiger partial charge in [-0.1, -0.05) is 6.08 Å². The maximum absolute atomic E-state index is 13.0. The summed E-state index contributed by atoms with van der Waals surface area (Å²) in [6, 6.07) is 2.73. The number of nitrogens with two attached hydrogens (primary N) is 1. The highest BCUT2D eigenvalue weighted by molar-refractivity contribution is 5.79. The van der Waals surface area contributed by atoms with E-state index in [4.69, 9.17) is 5.84 Å². The largest absolute Gasteiger partial charge is 0.294 e. The zero-order valence-electron chi connectivity index (χ0n) is 9.32. The molecule has 1 atom stereocenters. The van der Waals surface area contributed by atoms with E-state index in [0.717, 1.165) is 5.57 Å². The maximum Gasteiger partial charge on any atom is 0.237 e. The minimum absolute atomic E-state index is 0.0858. The molecular weight excluding hydrogens is 221 g/mol. The average Bonchev–Trinajstić information content (AvgIpc) is 2.38. The molecule has 1 aliphatic carbocycles. The van der Waals surface area contributed by atoms with Crippen molar-refractivity contribution < 1.29 is 9.18 Å². The molecule has 2 rings (SSSR count). The molecule has 1 heterocycles. The van der Waals surface area contributed by atoms with Gasteiger partial charge in [-0.05, 0) is 37.0 Å². The minimum Gasteiger partial charge on any atom is -0.294 e. The van der Waals surface area contributed by atoms with E-state index < -0.39 is 0 Å². The summed E-state index contributed by atoms with van der Waals surface area (Å²) >= 11 is 0. The van der Waals surface area contributed by atoms with E-state index in [1.54, 1.807) is 0 Å². The SMILES string of the molecule is NNC(=O)[C@@H]1CC=C(c2cc(F)ccn2)CC1. The zero-order valence-corrected chi connectivity index (χ0v) is 9.32. The predicted octanol–water partition coefficient (Wildman–Crippen LogP) is 1.39. The molecule has 0 unspecified atom stereocenters. The molecule has 0 radical (unpaired) electrons. The van der Waals surface area contributed by atoms with Crippen molar-refractivity contribution in [3.8, 4) is 0 Å². The van der Waals surface area contributed by atoms with Crippen LogP contribution < -0.4 is 11.3 Å². The van der Waals surface area contributed by atoms with E-state index in [1.165, 1.54) is 18.3 Å². The number of pyridine rings is 1. The molecule has 17 heavy (non-hydrogen) atoms. The number of nitrogens with one attached hydrogen (secondary N) is 1. The quantitative estimate of drug-likeness (QED) is 0.462. The number of aromatic nitrogens is 1. The summed E-state index contributed by atoms with van der Waals surface area (Å²) in [5.74, 6) is 4.56. The number of nitrogens with zero attached hydrogens (tertiary/aromatic N) is 1. The number of carbonyl (C=O) groups is 1. The number of hydrogen-bond acceptors (Lipinski definition) is 3. The Morgan fingerprint density at radius 1 is 1.59 bits per heavy atom. The van der Waals surface area contributed by atoms with Crippen molar-refractivity contribution in [3.63, 3.8) is 0 Å². The lowest BCUT2D eigenvalue weighted by atomic mass is 9.88. The molecule has 0 saturated carbocycles. The van der Waals surface area contributed by atoms with Gasteiger partial charge in [-0.25, -0.2) is 10.2 Å². The number of hydrogen-bond donors (Lipinski definition) is 2. The number of halogens is 1. The Hall–Kier alpha value is -1.75. The average molecular weight is 235 g/mol. The third kappa shape index (κ3) is 2.68. The van der Waals surface area contributed by atoms with Crippen LogP contribution >= 0.6 is 0 Å². The second-order valence-electron chi connectivity index (χ2n) is 4.07. The second-order valence-corrected chi connectivity index (χ2v) is 4.07. The van der Waals surface area contributed by atoms with Crippen LogP contribution in [-0.2, 0) is 4.79 Å². The summed E-state index contributed by atoms with van der Waals surface area (Å²) in [7, 11) is 0. The minimum atomic E-state index is -0.294. The van der Waals surface area contributed by atoms with Gasteiger partial charge in [0.1, 0.15) is 5.82 Å². The lowest BCUT2D eigenvalue weighted by Gasteiger charge is -2.20. The lowest BCUT2D eigenvalue weighted by molar-refractivity contribution is -0.125. The summed E-state index contributed by atoms with van der Waals surface area (Å²) in [6.45, 7) is 0. The Morgan fingerprint density at radius 3 is 3.00 bits per heavy atom. The van der Waals surface area contributed by atoms with Gasteiger partial charge >= 0.3 is 0 Å². The van der Waals surface area contributed by atoms with Crippen LogP contribution in [0.5, 0.6) is 0 Å². The van der Waals surface area contributed by atoms with Crippen LogP contribution in [0.4, 0.5) is 4.39 Å². The molecule has 90 valence electrons. The Labute approximate surface area is 98.7 Å². The van der Waals surface area contributed by atoms with E-state index in [2.05, 4.69) is 10.4 Å². The van der Waals surface area contributed by atoms with Crippen LogP contribution in [0, 0.1) is 11.7 Å². The highest BCUT2D eigenvalue weighted by atomic mass is 19.1. The maximum atomic E-state index is 13.0. The molecule has 5 heteroatoms. The van der Waals surface area contributed by atoms with Gasteiger partial charge in [0.2, 0.25) is 5.91 Å². The fraction of sp³-hybridized carbons (Fsp3) is 0.333. The first-order chi connectivity index (χ1) is 8.20. The fourth-order valence-corrected chi connectivity index (χ4v) is 2.00. The first-order valence-electron chi connectivity index (χ1n) is 5.52. The van der Waals surface area contributed by atoms with Crippen LogP contribution in [0.1, 0.15) is 25.0 Å². The normalized spacial score (nSPS) is 19.6. The van der Waals surface area contributed by atoms with Crippen LogP contribution in [-0.4, -0.2) is 10.9 Å². The van der Waals surface area contributed by atoms with Crippen molar-refractivity contribution in [1.29, 1.82) is 0 Å². The molecule has 1 aromatic rings. The van der Waals surface area contributed by atoms with Gasteiger partial charge < -0.3 is 0 Å². The molecule has 3 N–H and O–H groups in total. The van der Waals surface area contributed by atoms with Crippen LogP contribution in [0.15, 0.2) is 24.4 Å². The number of hydrazine groups is 1. The molecule has 0 fully saturated rings. The molecule has 0 bridgehead atoms. The third-order valence-electron chi connectivity index (χ3n) is 2.97. The summed E-state index contributed by atoms with van der Waals surface area (Å²) in [4.78, 5) is 15.4. The van der Waals surface area contributed by atoms with Gasteiger partial charge in [-0.3, -0.25) is 15.2 Å². The van der Waals surface area contributed by atoms with Crippen molar-refractivity contribution in [2.24, 2.45) is 11.8 Å². The number of allylic oxidation sites excluding steroid dienone is 2. The Bertz CT molecular complexity index is 459. The van der Waals surface area contributed by atoms with Gasteiger partial charge in [-0.2, -0.15) is 0 Å². The molecule has 0 spiro atoms. The fourth-order valence-electron chi connectivity index (χ4n) is 2.00. The number of amides is 1. The number of carbonyl (C=O) groups excluding carboxylic acids is 1. The molecule has 4 nitrogen and oxygen atoms in total. The Kier molecular flexibility index (Phi) is 3.49. The van der Waals surface area contributed by atoms with Crippen molar-refractivity contribution in [3.05, 3.63) is 35.9 Å². The van der Waals surface area contributed by atoms with Gasteiger partial charge in [0, 0.05) is 12.1 Å². The van der Waals surface area contributed by atoms with Gasteiger partial charge in [-0.15, -0.1) is 0 Å². The molecule has 1 aliphatic rings. The highest BCUT2D eigenvalue weighted by Gasteiger charge is 2.21. The van der Waals surface area contributed by atoms with Crippen molar-refractivity contribution in [2.75, 3.05) is 0 Å². The summed E-state index contributed by atoms with van der Waals surface area (Å²) in [6.07, 6.45) is 5.44. The predicted molar refractivity (Wildman–Crippen MR) is 61.8 cm³/mol. The third-order valence-corrected chi connectivity index (χ3v) is 2.97. The molecular formula is C12H14FN3O. The lowest BCUT2D eigenvalue weighted by Crippen LogP contribution is -2.36. The topological polar surface area (TPSA) is 68.0 Å². The molecule has 1 aromatic heterocycles. The smallest absolute Gasteiger partial charge is 0.237 e. The first kappa shape index (κ1) is 11.7. The van der Waals surface area contributed by atoms with Crippen LogP contribution in [0.2, 0.25) is 0 Å². The van der Waals surface area contributed by atoms with E-state index in [0.29, 0.717) is 25.0 Å². The second kappa shape index (κ2) is 5.05.